The Morgan fingerprint density at radius 1 is 1.04 bits per heavy atom. The Balaban J connectivity index is 1.52. The highest BCUT2D eigenvalue weighted by atomic mass is 16.2. The highest BCUT2D eigenvalue weighted by Crippen LogP contribution is 2.32. The monoisotopic (exact) mass is 369 g/mol. The maximum Gasteiger partial charge on any atom is 0.325 e. The number of carbonyl (C=O) groups is 3. The van der Waals surface area contributed by atoms with E-state index in [-0.39, 0.29) is 18.4 Å². The van der Waals surface area contributed by atoms with Crippen molar-refractivity contribution in [2.45, 2.75) is 57.4 Å². The van der Waals surface area contributed by atoms with Gasteiger partial charge in [-0.15, -0.1) is 0 Å². The average molecular weight is 369 g/mol. The predicted molar refractivity (Wildman–Crippen MR) is 101 cm³/mol. The number of nitrogens with zero attached hydrogens (tertiary/aromatic N) is 2. The van der Waals surface area contributed by atoms with Gasteiger partial charge in [-0.25, -0.2) is 4.79 Å². The van der Waals surface area contributed by atoms with Gasteiger partial charge in [-0.1, -0.05) is 31.0 Å². The molecule has 144 valence electrons. The minimum absolute atomic E-state index is 0.140. The quantitative estimate of drug-likeness (QED) is 0.832. The van der Waals surface area contributed by atoms with Crippen LogP contribution in [0.1, 0.15) is 55.7 Å². The largest absolute Gasteiger partial charge is 0.341 e. The van der Waals surface area contributed by atoms with Crippen molar-refractivity contribution in [1.29, 1.82) is 0 Å². The van der Waals surface area contributed by atoms with Crippen molar-refractivity contribution in [2.24, 2.45) is 0 Å². The van der Waals surface area contributed by atoms with Crippen LogP contribution in [0.25, 0.3) is 0 Å². The number of imide groups is 1. The molecule has 1 N–H and O–H groups in total. The number of amides is 4. The summed E-state index contributed by atoms with van der Waals surface area (Å²) in [6, 6.07) is 5.56. The zero-order valence-corrected chi connectivity index (χ0v) is 15.9. The molecule has 0 spiro atoms. The minimum atomic E-state index is -1.10. The first-order valence-electron chi connectivity index (χ1n) is 10.0. The normalized spacial score (nSPS) is 25.4. The Kier molecular flexibility index (Phi) is 4.66. The zero-order valence-electron chi connectivity index (χ0n) is 15.9. The Labute approximate surface area is 159 Å². The molecule has 6 heteroatoms. The Morgan fingerprint density at radius 3 is 2.48 bits per heavy atom. The summed E-state index contributed by atoms with van der Waals surface area (Å²) in [5.41, 5.74) is 2.28. The van der Waals surface area contributed by atoms with Gasteiger partial charge in [-0.3, -0.25) is 14.5 Å². The van der Waals surface area contributed by atoms with Crippen LogP contribution >= 0.6 is 0 Å². The minimum Gasteiger partial charge on any atom is -0.341 e. The van der Waals surface area contributed by atoms with E-state index < -0.39 is 11.6 Å². The zero-order chi connectivity index (χ0) is 19.0. The van der Waals surface area contributed by atoms with E-state index in [2.05, 4.69) is 11.4 Å². The fraction of sp³-hybridized carbons (Fsp3) is 0.571. The van der Waals surface area contributed by atoms with Gasteiger partial charge in [0.15, 0.2) is 0 Å². The molecule has 1 aromatic rings. The first-order chi connectivity index (χ1) is 13.0. The Bertz CT molecular complexity index is 783. The lowest BCUT2D eigenvalue weighted by atomic mass is 9.89. The lowest BCUT2D eigenvalue weighted by Gasteiger charge is -2.25. The van der Waals surface area contributed by atoms with Crippen LogP contribution in [-0.2, 0) is 28.0 Å². The smallest absolute Gasteiger partial charge is 0.325 e. The van der Waals surface area contributed by atoms with Gasteiger partial charge < -0.3 is 10.2 Å². The fourth-order valence-electron chi connectivity index (χ4n) is 4.47. The van der Waals surface area contributed by atoms with Crippen LogP contribution in [0.3, 0.4) is 0 Å². The second-order valence-electron chi connectivity index (χ2n) is 8.08. The van der Waals surface area contributed by atoms with E-state index in [0.717, 1.165) is 55.4 Å². The molecular formula is C21H27N3O3. The number of aryl methyl sites for hydroxylation is 2. The first kappa shape index (κ1) is 18.0. The number of fused-ring (bicyclic) bond motifs is 1. The number of carbonyl (C=O) groups excluding carboxylic acids is 3. The molecular weight excluding hydrogens is 342 g/mol. The molecule has 2 saturated heterocycles. The molecule has 0 saturated carbocycles. The fourth-order valence-corrected chi connectivity index (χ4v) is 4.47. The summed E-state index contributed by atoms with van der Waals surface area (Å²) < 4.78 is 0. The molecule has 0 unspecified atom stereocenters. The molecule has 2 aliphatic heterocycles. The van der Waals surface area contributed by atoms with Crippen molar-refractivity contribution in [1.82, 2.24) is 15.1 Å². The van der Waals surface area contributed by atoms with E-state index in [1.54, 1.807) is 11.8 Å². The van der Waals surface area contributed by atoms with Gasteiger partial charge in [-0.05, 0) is 55.7 Å². The molecule has 6 nitrogen and oxygen atoms in total. The highest BCUT2D eigenvalue weighted by Gasteiger charge is 2.49. The van der Waals surface area contributed by atoms with E-state index in [1.165, 1.54) is 11.1 Å². The van der Waals surface area contributed by atoms with E-state index in [9.17, 15) is 14.4 Å². The third kappa shape index (κ3) is 3.22. The molecule has 0 aromatic heterocycles. The number of likely N-dealkylation sites (tertiary alicyclic amines) is 1. The Morgan fingerprint density at radius 2 is 1.74 bits per heavy atom. The van der Waals surface area contributed by atoms with E-state index in [1.807, 2.05) is 12.1 Å². The third-order valence-corrected chi connectivity index (χ3v) is 6.20. The van der Waals surface area contributed by atoms with Gasteiger partial charge in [0.1, 0.15) is 12.1 Å². The SMILES string of the molecule is C[C@]1(c2ccc3c(c2)CCC3)NC(=O)N(CC(=O)N2CCCCCC2)C1=O. The molecule has 4 amide bonds. The topological polar surface area (TPSA) is 69.7 Å². The second kappa shape index (κ2) is 6.98. The van der Waals surface area contributed by atoms with Crippen molar-refractivity contribution in [3.8, 4) is 0 Å². The summed E-state index contributed by atoms with van der Waals surface area (Å²) in [5.74, 6) is -0.479. The lowest BCUT2D eigenvalue weighted by molar-refractivity contribution is -0.138. The Hall–Kier alpha value is -2.37. The molecule has 0 bridgehead atoms. The van der Waals surface area contributed by atoms with Crippen LogP contribution in [0.4, 0.5) is 4.79 Å². The second-order valence-corrected chi connectivity index (χ2v) is 8.08. The van der Waals surface area contributed by atoms with Crippen molar-refractivity contribution in [3.63, 3.8) is 0 Å². The summed E-state index contributed by atoms with van der Waals surface area (Å²) in [7, 11) is 0. The lowest BCUT2D eigenvalue weighted by Crippen LogP contribution is -2.44. The van der Waals surface area contributed by atoms with Gasteiger partial charge in [-0.2, -0.15) is 0 Å². The van der Waals surface area contributed by atoms with Crippen LogP contribution in [-0.4, -0.2) is 47.3 Å². The molecule has 2 fully saturated rings. The van der Waals surface area contributed by atoms with Gasteiger partial charge in [0.25, 0.3) is 5.91 Å². The third-order valence-electron chi connectivity index (χ3n) is 6.20. The molecule has 1 aliphatic carbocycles. The standard InChI is InChI=1S/C21H27N3O3/c1-21(17-10-9-15-7-6-8-16(15)13-17)19(26)24(20(27)22-21)14-18(25)23-11-4-2-3-5-12-23/h9-10,13H,2-8,11-12,14H2,1H3,(H,22,27)/t21-/m1/s1. The summed E-state index contributed by atoms with van der Waals surface area (Å²) in [4.78, 5) is 41.1. The molecule has 2 heterocycles. The van der Waals surface area contributed by atoms with Crippen LogP contribution in [0.2, 0.25) is 0 Å². The summed E-state index contributed by atoms with van der Waals surface area (Å²) in [6.07, 6.45) is 7.44. The maximum absolute atomic E-state index is 13.1. The van der Waals surface area contributed by atoms with Gasteiger partial charge in [0, 0.05) is 13.1 Å². The molecule has 4 rings (SSSR count). The van der Waals surface area contributed by atoms with Crippen molar-refractivity contribution in [3.05, 3.63) is 34.9 Å². The van der Waals surface area contributed by atoms with Crippen LogP contribution in [0.15, 0.2) is 18.2 Å². The first-order valence-corrected chi connectivity index (χ1v) is 10.0. The van der Waals surface area contributed by atoms with Gasteiger partial charge in [0.05, 0.1) is 0 Å². The van der Waals surface area contributed by atoms with Crippen LogP contribution < -0.4 is 5.32 Å². The van der Waals surface area contributed by atoms with E-state index in [0.29, 0.717) is 13.1 Å². The predicted octanol–water partition coefficient (Wildman–Crippen LogP) is 2.34. The van der Waals surface area contributed by atoms with Crippen molar-refractivity contribution in [2.75, 3.05) is 19.6 Å². The van der Waals surface area contributed by atoms with Crippen molar-refractivity contribution >= 4 is 17.8 Å². The molecule has 1 atom stereocenters. The molecule has 27 heavy (non-hydrogen) atoms. The van der Waals surface area contributed by atoms with Gasteiger partial charge in [0.2, 0.25) is 5.91 Å². The van der Waals surface area contributed by atoms with E-state index >= 15 is 0 Å². The number of urea groups is 1. The summed E-state index contributed by atoms with van der Waals surface area (Å²) in [6.45, 7) is 2.99. The summed E-state index contributed by atoms with van der Waals surface area (Å²) >= 11 is 0. The molecule has 3 aliphatic rings. The maximum atomic E-state index is 13.1. The number of hydrogen-bond donors (Lipinski definition) is 1. The molecule has 1 aromatic carbocycles. The van der Waals surface area contributed by atoms with E-state index in [4.69, 9.17) is 0 Å². The molecule has 0 radical (unpaired) electrons. The number of hydrogen-bond acceptors (Lipinski definition) is 3. The number of benzene rings is 1. The number of rotatable bonds is 3. The number of nitrogens with one attached hydrogen (secondary N) is 1. The van der Waals surface area contributed by atoms with Crippen molar-refractivity contribution < 1.29 is 14.4 Å². The van der Waals surface area contributed by atoms with Crippen LogP contribution in [0.5, 0.6) is 0 Å². The summed E-state index contributed by atoms with van der Waals surface area (Å²) in [5, 5.41) is 2.82. The van der Waals surface area contributed by atoms with Crippen LogP contribution in [0, 0.1) is 0 Å². The van der Waals surface area contributed by atoms with Gasteiger partial charge >= 0.3 is 6.03 Å². The highest BCUT2D eigenvalue weighted by molar-refractivity contribution is 6.09. The average Bonchev–Trinajstić information content (AvgIpc) is 3.07.